The summed E-state index contributed by atoms with van der Waals surface area (Å²) in [4.78, 5) is 11.5. The molecule has 5 nitrogen and oxygen atoms in total. The molecule has 2 N–H and O–H groups in total. The molecular weight excluding hydrogens is 270 g/mol. The van der Waals surface area contributed by atoms with Crippen molar-refractivity contribution in [3.05, 3.63) is 23.8 Å². The lowest BCUT2D eigenvalue weighted by Gasteiger charge is -2.13. The van der Waals surface area contributed by atoms with Crippen LogP contribution in [-0.4, -0.2) is 32.3 Å². The van der Waals surface area contributed by atoms with Crippen LogP contribution in [0.3, 0.4) is 0 Å². The molecule has 0 aliphatic rings. The fourth-order valence-corrected chi connectivity index (χ4v) is 1.77. The van der Waals surface area contributed by atoms with E-state index in [4.69, 9.17) is 19.9 Å². The Kier molecular flexibility index (Phi) is 8.28. The number of esters is 1. The Bertz CT molecular complexity index is 434. The predicted molar refractivity (Wildman–Crippen MR) is 81.7 cm³/mol. The van der Waals surface area contributed by atoms with Gasteiger partial charge in [0.15, 0.2) is 18.1 Å². The maximum absolute atomic E-state index is 11.5. The van der Waals surface area contributed by atoms with Crippen molar-refractivity contribution in [2.45, 2.75) is 33.1 Å². The molecule has 1 aromatic carbocycles. The molecule has 0 saturated heterocycles. The number of unbranched alkanes of at least 4 members (excludes halogenated alkanes) is 1. The largest absolute Gasteiger partial charge is 0.490 e. The van der Waals surface area contributed by atoms with Crippen molar-refractivity contribution in [1.29, 1.82) is 0 Å². The van der Waals surface area contributed by atoms with Crippen molar-refractivity contribution < 1.29 is 19.0 Å². The number of hydrogen-bond acceptors (Lipinski definition) is 5. The zero-order chi connectivity index (χ0) is 15.5. The van der Waals surface area contributed by atoms with Crippen molar-refractivity contribution in [2.24, 2.45) is 5.73 Å². The molecule has 0 fully saturated rings. The molecule has 0 atom stereocenters. The third-order valence-electron chi connectivity index (χ3n) is 2.85. The molecule has 5 heteroatoms. The van der Waals surface area contributed by atoms with Crippen LogP contribution in [0.2, 0.25) is 0 Å². The molecule has 1 aromatic rings. The maximum atomic E-state index is 11.5. The summed E-state index contributed by atoms with van der Waals surface area (Å²) in [5.41, 5.74) is 6.63. The van der Waals surface area contributed by atoms with Gasteiger partial charge >= 0.3 is 5.97 Å². The van der Waals surface area contributed by atoms with Crippen molar-refractivity contribution in [3.63, 3.8) is 0 Å². The minimum atomic E-state index is -0.364. The number of benzene rings is 1. The maximum Gasteiger partial charge on any atom is 0.344 e. The highest BCUT2D eigenvalue weighted by Gasteiger charge is 2.09. The van der Waals surface area contributed by atoms with Gasteiger partial charge in [-0.25, -0.2) is 4.79 Å². The van der Waals surface area contributed by atoms with Gasteiger partial charge < -0.3 is 19.9 Å². The van der Waals surface area contributed by atoms with E-state index < -0.39 is 0 Å². The number of hydrogen-bond donors (Lipinski definition) is 1. The van der Waals surface area contributed by atoms with Gasteiger partial charge in [-0.2, -0.15) is 0 Å². The van der Waals surface area contributed by atoms with Crippen LogP contribution in [0.15, 0.2) is 18.2 Å². The van der Waals surface area contributed by atoms with Crippen molar-refractivity contribution in [2.75, 3.05) is 26.4 Å². The quantitative estimate of drug-likeness (QED) is 0.530. The summed E-state index contributed by atoms with van der Waals surface area (Å²) >= 11 is 0. The highest BCUT2D eigenvalue weighted by Crippen LogP contribution is 2.28. The first-order valence-corrected chi connectivity index (χ1v) is 7.45. The van der Waals surface area contributed by atoms with Gasteiger partial charge in [0.05, 0.1) is 13.2 Å². The number of rotatable bonds is 10. The smallest absolute Gasteiger partial charge is 0.344 e. The molecular formula is C16H25NO4. The lowest BCUT2D eigenvalue weighted by atomic mass is 10.1. The standard InChI is InChI=1S/C16H25NO4/c1-3-5-10-20-16(18)12-21-14-7-6-13(8-9-17)11-15(14)19-4-2/h6-7,11H,3-5,8-10,12,17H2,1-2H3. The fraction of sp³-hybridized carbons (Fsp3) is 0.562. The summed E-state index contributed by atoms with van der Waals surface area (Å²) in [6.45, 7) is 5.38. The SMILES string of the molecule is CCCCOC(=O)COc1ccc(CCN)cc1OCC. The van der Waals surface area contributed by atoms with Crippen molar-refractivity contribution >= 4 is 5.97 Å². The molecule has 21 heavy (non-hydrogen) atoms. The third-order valence-corrected chi connectivity index (χ3v) is 2.85. The van der Waals surface area contributed by atoms with Gasteiger partial charge in [-0.1, -0.05) is 19.4 Å². The number of ether oxygens (including phenoxy) is 3. The average molecular weight is 295 g/mol. The van der Waals surface area contributed by atoms with Crippen LogP contribution in [0.4, 0.5) is 0 Å². The molecule has 0 heterocycles. The summed E-state index contributed by atoms with van der Waals surface area (Å²) in [6, 6.07) is 5.62. The normalized spacial score (nSPS) is 10.2. The van der Waals surface area contributed by atoms with E-state index in [0.29, 0.717) is 31.3 Å². The van der Waals surface area contributed by atoms with Crippen LogP contribution in [0, 0.1) is 0 Å². The van der Waals surface area contributed by atoms with Gasteiger partial charge in [-0.3, -0.25) is 0 Å². The summed E-state index contributed by atoms with van der Waals surface area (Å²) in [5.74, 6) is 0.812. The number of carbonyl (C=O) groups excluding carboxylic acids is 1. The minimum absolute atomic E-state index is 0.111. The van der Waals surface area contributed by atoms with E-state index in [-0.39, 0.29) is 12.6 Å². The van der Waals surface area contributed by atoms with Crippen LogP contribution in [0.1, 0.15) is 32.3 Å². The molecule has 0 aliphatic heterocycles. The summed E-state index contributed by atoms with van der Waals surface area (Å²) < 4.78 is 16.1. The second-order valence-electron chi connectivity index (χ2n) is 4.62. The van der Waals surface area contributed by atoms with E-state index in [1.54, 1.807) is 6.07 Å². The second-order valence-corrected chi connectivity index (χ2v) is 4.62. The molecule has 0 unspecified atom stereocenters. The van der Waals surface area contributed by atoms with Crippen LogP contribution in [0.5, 0.6) is 11.5 Å². The average Bonchev–Trinajstić information content (AvgIpc) is 2.47. The molecule has 0 aliphatic carbocycles. The Morgan fingerprint density at radius 2 is 2.00 bits per heavy atom. The number of carbonyl (C=O) groups is 1. The third kappa shape index (κ3) is 6.49. The second kappa shape index (κ2) is 10.0. The number of nitrogens with two attached hydrogens (primary N) is 1. The molecule has 118 valence electrons. The minimum Gasteiger partial charge on any atom is -0.490 e. The Balaban J connectivity index is 2.58. The lowest BCUT2D eigenvalue weighted by molar-refractivity contribution is -0.146. The Morgan fingerprint density at radius 1 is 1.19 bits per heavy atom. The monoisotopic (exact) mass is 295 g/mol. The summed E-state index contributed by atoms with van der Waals surface area (Å²) in [5, 5.41) is 0. The summed E-state index contributed by atoms with van der Waals surface area (Å²) in [6.07, 6.45) is 2.63. The van der Waals surface area contributed by atoms with E-state index in [1.807, 2.05) is 26.0 Å². The molecule has 0 bridgehead atoms. The highest BCUT2D eigenvalue weighted by atomic mass is 16.6. The Labute approximate surface area is 126 Å². The molecule has 0 saturated carbocycles. The van der Waals surface area contributed by atoms with E-state index in [9.17, 15) is 4.79 Å². The van der Waals surface area contributed by atoms with E-state index in [0.717, 1.165) is 24.8 Å². The molecule has 0 radical (unpaired) electrons. The topological polar surface area (TPSA) is 70.8 Å². The van der Waals surface area contributed by atoms with Gasteiger partial charge in [-0.15, -0.1) is 0 Å². The van der Waals surface area contributed by atoms with Crippen LogP contribution in [-0.2, 0) is 16.0 Å². The van der Waals surface area contributed by atoms with Crippen LogP contribution in [0.25, 0.3) is 0 Å². The molecule has 0 aromatic heterocycles. The lowest BCUT2D eigenvalue weighted by Crippen LogP contribution is -2.16. The van der Waals surface area contributed by atoms with E-state index in [1.165, 1.54) is 0 Å². The van der Waals surface area contributed by atoms with E-state index >= 15 is 0 Å². The highest BCUT2D eigenvalue weighted by molar-refractivity contribution is 5.71. The van der Waals surface area contributed by atoms with Gasteiger partial charge in [0, 0.05) is 0 Å². The Morgan fingerprint density at radius 3 is 2.67 bits per heavy atom. The van der Waals surface area contributed by atoms with Crippen LogP contribution < -0.4 is 15.2 Å². The van der Waals surface area contributed by atoms with Gasteiger partial charge in [0.1, 0.15) is 0 Å². The molecule has 1 rings (SSSR count). The Hall–Kier alpha value is -1.75. The van der Waals surface area contributed by atoms with E-state index in [2.05, 4.69) is 0 Å². The fourth-order valence-electron chi connectivity index (χ4n) is 1.77. The van der Waals surface area contributed by atoms with Crippen molar-refractivity contribution in [3.8, 4) is 11.5 Å². The summed E-state index contributed by atoms with van der Waals surface area (Å²) in [7, 11) is 0. The van der Waals surface area contributed by atoms with Gasteiger partial charge in [0.2, 0.25) is 0 Å². The van der Waals surface area contributed by atoms with Gasteiger partial charge in [0.25, 0.3) is 0 Å². The zero-order valence-electron chi connectivity index (χ0n) is 12.9. The zero-order valence-corrected chi connectivity index (χ0v) is 12.9. The molecule has 0 spiro atoms. The molecule has 0 amide bonds. The van der Waals surface area contributed by atoms with Crippen LogP contribution >= 0.6 is 0 Å². The first-order valence-electron chi connectivity index (χ1n) is 7.45. The first kappa shape index (κ1) is 17.3. The predicted octanol–water partition coefficient (Wildman–Crippen LogP) is 2.31. The van der Waals surface area contributed by atoms with Gasteiger partial charge in [-0.05, 0) is 44.0 Å². The van der Waals surface area contributed by atoms with Crippen molar-refractivity contribution in [1.82, 2.24) is 0 Å². The first-order chi connectivity index (χ1) is 10.2.